The first-order valence-electron chi connectivity index (χ1n) is 7.96. The zero-order valence-electron chi connectivity index (χ0n) is 14.5. The largest absolute Gasteiger partial charge is 0.380 e. The van der Waals surface area contributed by atoms with Crippen LogP contribution in [0.4, 0.5) is 0 Å². The molecule has 0 spiro atoms. The minimum atomic E-state index is -2.18. The van der Waals surface area contributed by atoms with Gasteiger partial charge >= 0.3 is 0 Å². The van der Waals surface area contributed by atoms with E-state index < -0.39 is 14.2 Å². The van der Waals surface area contributed by atoms with Crippen LogP contribution in [0.25, 0.3) is 0 Å². The van der Waals surface area contributed by atoms with Crippen molar-refractivity contribution in [2.24, 2.45) is 0 Å². The lowest BCUT2D eigenvalue weighted by atomic mass is 10.0. The molecule has 0 heterocycles. The van der Waals surface area contributed by atoms with Crippen molar-refractivity contribution >= 4 is 35.0 Å². The van der Waals surface area contributed by atoms with Gasteiger partial charge in [-0.2, -0.15) is 0 Å². The number of aliphatic hydroxyl groups excluding tert-OH is 1. The van der Waals surface area contributed by atoms with Crippen LogP contribution in [0.1, 0.15) is 25.5 Å². The Balaban J connectivity index is 2.43. The molecule has 0 saturated heterocycles. The van der Waals surface area contributed by atoms with Crippen LogP contribution in [-0.4, -0.2) is 19.0 Å². The number of hydrogen-bond acceptors (Lipinski definition) is 2. The molecule has 2 aromatic carbocycles. The fourth-order valence-electron chi connectivity index (χ4n) is 3.11. The fraction of sp³-hybridized carbons (Fsp3) is 0.250. The third-order valence-electron chi connectivity index (χ3n) is 4.30. The molecular weight excluding hydrogens is 380 g/mol. The molecule has 24 heavy (non-hydrogen) atoms. The Morgan fingerprint density at radius 2 is 1.54 bits per heavy atom. The average Bonchev–Trinajstić information content (AvgIpc) is 2.55. The summed E-state index contributed by atoms with van der Waals surface area (Å²) in [5.74, 6) is -0.183. The average molecular weight is 403 g/mol. The van der Waals surface area contributed by atoms with E-state index >= 15 is 0 Å². The highest BCUT2D eigenvalue weighted by molar-refractivity contribution is 9.10. The van der Waals surface area contributed by atoms with Crippen LogP contribution >= 0.6 is 15.9 Å². The highest BCUT2D eigenvalue weighted by atomic mass is 79.9. The highest BCUT2D eigenvalue weighted by Crippen LogP contribution is 2.27. The minimum Gasteiger partial charge on any atom is -0.380 e. The van der Waals surface area contributed by atoms with Gasteiger partial charge in [0, 0.05) is 4.47 Å². The van der Waals surface area contributed by atoms with E-state index in [2.05, 4.69) is 41.2 Å². The van der Waals surface area contributed by atoms with E-state index in [4.69, 9.17) is 0 Å². The van der Waals surface area contributed by atoms with E-state index in [9.17, 15) is 9.90 Å². The van der Waals surface area contributed by atoms with E-state index in [1.165, 1.54) is 5.19 Å². The van der Waals surface area contributed by atoms with E-state index in [1.807, 2.05) is 44.2 Å². The third-order valence-corrected chi connectivity index (χ3v) is 8.60. The molecule has 1 N–H and O–H groups in total. The molecule has 2 nitrogen and oxygen atoms in total. The molecule has 0 aromatic heterocycles. The predicted molar refractivity (Wildman–Crippen MR) is 106 cm³/mol. The van der Waals surface area contributed by atoms with Crippen molar-refractivity contribution in [2.45, 2.75) is 33.0 Å². The summed E-state index contributed by atoms with van der Waals surface area (Å²) in [7, 11) is -2.18. The number of Topliss-reactive ketones (excluding diaryl/α,β-unsaturated/α-hetero) is 1. The molecule has 126 valence electrons. The van der Waals surface area contributed by atoms with Gasteiger partial charge in [0.15, 0.2) is 5.78 Å². The maximum absolute atomic E-state index is 13.1. The van der Waals surface area contributed by atoms with Gasteiger partial charge < -0.3 is 5.11 Å². The van der Waals surface area contributed by atoms with Gasteiger partial charge in [-0.15, -0.1) is 0 Å². The van der Waals surface area contributed by atoms with Crippen LogP contribution in [0.15, 0.2) is 69.8 Å². The summed E-state index contributed by atoms with van der Waals surface area (Å²) in [5, 5.41) is 12.6. The summed E-state index contributed by atoms with van der Waals surface area (Å²) in [5.41, 5.74) is 1.61. The Bertz CT molecular complexity index is 745. The molecule has 4 heteroatoms. The molecule has 0 fully saturated rings. The van der Waals surface area contributed by atoms with Crippen molar-refractivity contribution in [3.8, 4) is 0 Å². The summed E-state index contributed by atoms with van der Waals surface area (Å²) in [4.78, 5) is 13.1. The third kappa shape index (κ3) is 3.94. The molecule has 0 aliphatic heterocycles. The Labute approximate surface area is 153 Å². The lowest BCUT2D eigenvalue weighted by Crippen LogP contribution is -2.47. The second-order valence-electron chi connectivity index (χ2n) is 6.68. The first-order chi connectivity index (χ1) is 11.2. The second-order valence-corrected chi connectivity index (χ2v) is 11.9. The normalized spacial score (nSPS) is 12.6. The lowest BCUT2D eigenvalue weighted by molar-refractivity contribution is -0.123. The molecule has 1 unspecified atom stereocenters. The summed E-state index contributed by atoms with van der Waals surface area (Å²) < 4.78 is 0.923. The predicted octanol–water partition coefficient (Wildman–Crippen LogP) is 4.54. The maximum atomic E-state index is 13.1. The van der Waals surface area contributed by atoms with Gasteiger partial charge in [-0.3, -0.25) is 4.79 Å². The summed E-state index contributed by atoms with van der Waals surface area (Å²) in [6.07, 6.45) is -1.13. The molecule has 0 amide bonds. The van der Waals surface area contributed by atoms with E-state index in [-0.39, 0.29) is 5.78 Å². The number of rotatable bonds is 5. The summed E-state index contributed by atoms with van der Waals surface area (Å²) in [6.45, 7) is 8.24. The molecule has 0 radical (unpaired) electrons. The first-order valence-corrected chi connectivity index (χ1v) is 11.8. The first kappa shape index (κ1) is 18.8. The Hall–Kier alpha value is -1.49. The number of aliphatic hydroxyl groups is 1. The van der Waals surface area contributed by atoms with Crippen LogP contribution in [0.2, 0.25) is 13.1 Å². The molecule has 0 aliphatic carbocycles. The SMILES string of the molecule is CC(C)=C(C(=O)C(O)c1ccc(Br)cc1)[Si](C)(C)c1ccccc1. The quantitative estimate of drug-likeness (QED) is 0.588. The van der Waals surface area contributed by atoms with Crippen molar-refractivity contribution in [3.05, 3.63) is 75.4 Å². The standard InChI is InChI=1S/C20H23BrO2Si/c1-14(2)20(24(3,4)17-8-6-5-7-9-17)19(23)18(22)15-10-12-16(21)13-11-15/h5-13,18,22H,1-4H3. The monoisotopic (exact) mass is 402 g/mol. The zero-order valence-corrected chi connectivity index (χ0v) is 17.1. The molecular formula is C20H23BrO2Si. The number of halogens is 1. The number of allylic oxidation sites excluding steroid dienone is 1. The van der Waals surface area contributed by atoms with Crippen molar-refractivity contribution in [2.75, 3.05) is 0 Å². The van der Waals surface area contributed by atoms with Crippen LogP contribution in [0, 0.1) is 0 Å². The van der Waals surface area contributed by atoms with Gasteiger partial charge in [0.1, 0.15) is 14.2 Å². The van der Waals surface area contributed by atoms with Gasteiger partial charge in [-0.1, -0.05) is 82.2 Å². The molecule has 1 atom stereocenters. The zero-order chi connectivity index (χ0) is 17.9. The fourth-order valence-corrected chi connectivity index (χ4v) is 6.69. The number of hydrogen-bond donors (Lipinski definition) is 1. The van der Waals surface area contributed by atoms with Gasteiger partial charge in [0.25, 0.3) is 0 Å². The highest BCUT2D eigenvalue weighted by Gasteiger charge is 2.36. The van der Waals surface area contributed by atoms with Crippen LogP contribution < -0.4 is 5.19 Å². The Kier molecular flexibility index (Phi) is 5.96. The number of carbonyl (C=O) groups excluding carboxylic acids is 1. The van der Waals surface area contributed by atoms with Gasteiger partial charge in [0.2, 0.25) is 0 Å². The Morgan fingerprint density at radius 1 is 1.00 bits per heavy atom. The van der Waals surface area contributed by atoms with Crippen molar-refractivity contribution in [1.29, 1.82) is 0 Å². The van der Waals surface area contributed by atoms with Crippen LogP contribution in [0.5, 0.6) is 0 Å². The van der Waals surface area contributed by atoms with E-state index in [0.29, 0.717) is 5.56 Å². The topological polar surface area (TPSA) is 37.3 Å². The number of ketones is 1. The molecule has 0 saturated carbocycles. The van der Waals surface area contributed by atoms with E-state index in [0.717, 1.165) is 15.2 Å². The van der Waals surface area contributed by atoms with E-state index in [1.54, 1.807) is 12.1 Å². The van der Waals surface area contributed by atoms with Crippen molar-refractivity contribution < 1.29 is 9.90 Å². The number of carbonyl (C=O) groups is 1. The molecule has 2 rings (SSSR count). The smallest absolute Gasteiger partial charge is 0.188 e. The summed E-state index contributed by atoms with van der Waals surface area (Å²) >= 11 is 3.38. The number of benzene rings is 2. The second kappa shape index (κ2) is 7.60. The van der Waals surface area contributed by atoms with Crippen molar-refractivity contribution in [1.82, 2.24) is 0 Å². The molecule has 2 aromatic rings. The van der Waals surface area contributed by atoms with Crippen molar-refractivity contribution in [3.63, 3.8) is 0 Å². The van der Waals surface area contributed by atoms with Crippen LogP contribution in [0.3, 0.4) is 0 Å². The van der Waals surface area contributed by atoms with Gasteiger partial charge in [-0.05, 0) is 36.7 Å². The Morgan fingerprint density at radius 3 is 2.04 bits per heavy atom. The lowest BCUT2D eigenvalue weighted by Gasteiger charge is -2.29. The minimum absolute atomic E-state index is 0.183. The molecule has 0 bridgehead atoms. The van der Waals surface area contributed by atoms with Gasteiger partial charge in [-0.25, -0.2) is 0 Å². The molecule has 0 aliphatic rings. The van der Waals surface area contributed by atoms with Gasteiger partial charge in [0.05, 0.1) is 0 Å². The maximum Gasteiger partial charge on any atom is 0.188 e. The summed E-state index contributed by atoms with van der Waals surface area (Å²) in [6, 6.07) is 17.4. The van der Waals surface area contributed by atoms with Crippen LogP contribution in [-0.2, 0) is 4.79 Å².